The van der Waals surface area contributed by atoms with E-state index in [1.54, 1.807) is 0 Å². The van der Waals surface area contributed by atoms with Crippen LogP contribution in [0.1, 0.15) is 22.9 Å². The van der Waals surface area contributed by atoms with Crippen molar-refractivity contribution < 1.29 is 23.1 Å². The second kappa shape index (κ2) is 4.45. The molecule has 1 aromatic rings. The summed E-state index contributed by atoms with van der Waals surface area (Å²) in [4.78, 5) is 14.3. The van der Waals surface area contributed by atoms with Crippen LogP contribution in [0.3, 0.4) is 0 Å². The van der Waals surface area contributed by atoms with Gasteiger partial charge in [-0.05, 0) is 11.6 Å². The van der Waals surface area contributed by atoms with Gasteiger partial charge in [0.15, 0.2) is 0 Å². The van der Waals surface area contributed by atoms with E-state index >= 15 is 0 Å². The number of alkyl halides is 3. The van der Waals surface area contributed by atoms with E-state index in [0.29, 0.717) is 17.8 Å². The molecule has 2 heterocycles. The molecule has 3 N–H and O–H groups in total. The minimum atomic E-state index is -4.45. The van der Waals surface area contributed by atoms with Crippen LogP contribution in [0, 0.1) is 0 Å². The molecule has 5 nitrogen and oxygen atoms in total. The van der Waals surface area contributed by atoms with Crippen LogP contribution in [0.4, 0.5) is 18.0 Å². The monoisotopic (exact) mass is 261 g/mol. The predicted molar refractivity (Wildman–Crippen MR) is 54.8 cm³/mol. The molecule has 1 aliphatic rings. The number of fused-ring (bicyclic) bond motifs is 1. The van der Waals surface area contributed by atoms with E-state index in [2.05, 4.69) is 15.6 Å². The minimum absolute atomic E-state index is 0.240. The van der Waals surface area contributed by atoms with Crippen molar-refractivity contribution in [3.8, 4) is 0 Å². The average Bonchev–Trinajstić information content (AvgIpc) is 2.27. The van der Waals surface area contributed by atoms with Crippen LogP contribution in [0.15, 0.2) is 12.3 Å². The Balaban J connectivity index is 2.33. The van der Waals surface area contributed by atoms with Gasteiger partial charge in [-0.2, -0.15) is 13.2 Å². The Hall–Kier alpha value is -1.83. The number of halogens is 3. The summed E-state index contributed by atoms with van der Waals surface area (Å²) in [5, 5.41) is 13.7. The summed E-state index contributed by atoms with van der Waals surface area (Å²) in [6.07, 6.45) is -4.97. The molecule has 0 aliphatic carbocycles. The first-order valence-corrected chi connectivity index (χ1v) is 5.14. The number of pyridine rings is 1. The molecule has 0 saturated carbocycles. The van der Waals surface area contributed by atoms with Gasteiger partial charge < -0.3 is 15.7 Å². The molecule has 1 atom stereocenters. The van der Waals surface area contributed by atoms with Crippen LogP contribution in [0.2, 0.25) is 0 Å². The van der Waals surface area contributed by atoms with Gasteiger partial charge in [0, 0.05) is 19.3 Å². The fourth-order valence-corrected chi connectivity index (χ4v) is 1.85. The molecule has 1 unspecified atom stereocenters. The van der Waals surface area contributed by atoms with Crippen molar-refractivity contribution in [1.82, 2.24) is 15.6 Å². The van der Waals surface area contributed by atoms with E-state index in [0.717, 1.165) is 12.3 Å². The maximum absolute atomic E-state index is 12.5. The number of amides is 1. The summed E-state index contributed by atoms with van der Waals surface area (Å²) in [5.74, 6) is 0. The third-order valence-corrected chi connectivity index (χ3v) is 2.62. The fraction of sp³-hybridized carbons (Fsp3) is 0.400. The summed E-state index contributed by atoms with van der Waals surface area (Å²) in [6.45, 7) is 0.543. The van der Waals surface area contributed by atoms with E-state index in [1.807, 2.05) is 0 Å². The van der Waals surface area contributed by atoms with Crippen molar-refractivity contribution in [3.63, 3.8) is 0 Å². The summed E-state index contributed by atoms with van der Waals surface area (Å²) in [6, 6.07) is 0.360. The largest absolute Gasteiger partial charge is 0.465 e. The molecule has 98 valence electrons. The van der Waals surface area contributed by atoms with Crippen molar-refractivity contribution >= 4 is 6.09 Å². The summed E-state index contributed by atoms with van der Waals surface area (Å²) in [7, 11) is 0. The van der Waals surface area contributed by atoms with Gasteiger partial charge in [0.05, 0.1) is 17.3 Å². The van der Waals surface area contributed by atoms with Crippen molar-refractivity contribution in [2.75, 3.05) is 6.54 Å². The molecule has 0 saturated heterocycles. The lowest BCUT2D eigenvalue weighted by Crippen LogP contribution is -2.39. The Morgan fingerprint density at radius 2 is 2.28 bits per heavy atom. The molecule has 1 aromatic heterocycles. The highest BCUT2D eigenvalue weighted by Gasteiger charge is 2.33. The summed E-state index contributed by atoms with van der Waals surface area (Å²) < 4.78 is 37.5. The third kappa shape index (κ3) is 2.53. The maximum atomic E-state index is 12.5. The molecule has 0 spiro atoms. The zero-order valence-corrected chi connectivity index (χ0v) is 9.08. The molecule has 1 aliphatic heterocycles. The van der Waals surface area contributed by atoms with Crippen LogP contribution < -0.4 is 10.6 Å². The van der Waals surface area contributed by atoms with E-state index in [-0.39, 0.29) is 6.54 Å². The van der Waals surface area contributed by atoms with Crippen LogP contribution in [-0.4, -0.2) is 22.7 Å². The predicted octanol–water partition coefficient (Wildman–Crippen LogP) is 1.51. The summed E-state index contributed by atoms with van der Waals surface area (Å²) in [5.41, 5.74) is -0.141. The molecule has 0 aromatic carbocycles. The Morgan fingerprint density at radius 1 is 1.56 bits per heavy atom. The van der Waals surface area contributed by atoms with Crippen molar-refractivity contribution in [1.29, 1.82) is 0 Å². The lowest BCUT2D eigenvalue weighted by atomic mass is 10.0. The SMILES string of the molecule is O=C(O)NC1CNCc2cc(C(F)(F)F)cnc21. The number of rotatable bonds is 1. The molecule has 0 bridgehead atoms. The third-order valence-electron chi connectivity index (χ3n) is 2.62. The standard InChI is InChI=1S/C10H10F3N3O2/c11-10(12,13)6-1-5-2-14-4-7(16-9(17)18)8(5)15-3-6/h1,3,7,14,16H,2,4H2,(H,17,18). The van der Waals surface area contributed by atoms with E-state index in [9.17, 15) is 18.0 Å². The first-order valence-electron chi connectivity index (χ1n) is 5.14. The highest BCUT2D eigenvalue weighted by Crippen LogP contribution is 2.31. The molecule has 0 fully saturated rings. The highest BCUT2D eigenvalue weighted by atomic mass is 19.4. The van der Waals surface area contributed by atoms with Crippen LogP contribution in [0.25, 0.3) is 0 Å². The zero-order valence-electron chi connectivity index (χ0n) is 9.08. The van der Waals surface area contributed by atoms with Crippen LogP contribution >= 0.6 is 0 Å². The Kier molecular flexibility index (Phi) is 3.12. The second-order valence-corrected chi connectivity index (χ2v) is 3.90. The highest BCUT2D eigenvalue weighted by molar-refractivity contribution is 5.65. The fourth-order valence-electron chi connectivity index (χ4n) is 1.85. The van der Waals surface area contributed by atoms with Crippen LogP contribution in [-0.2, 0) is 12.7 Å². The number of nitrogens with one attached hydrogen (secondary N) is 2. The molecule has 8 heteroatoms. The zero-order chi connectivity index (χ0) is 13.3. The van der Waals surface area contributed by atoms with Crippen molar-refractivity contribution in [3.05, 3.63) is 29.1 Å². The van der Waals surface area contributed by atoms with Gasteiger partial charge in [-0.15, -0.1) is 0 Å². The minimum Gasteiger partial charge on any atom is -0.465 e. The maximum Gasteiger partial charge on any atom is 0.417 e. The lowest BCUT2D eigenvalue weighted by molar-refractivity contribution is -0.137. The number of nitrogens with zero attached hydrogens (tertiary/aromatic N) is 1. The van der Waals surface area contributed by atoms with Crippen LogP contribution in [0.5, 0.6) is 0 Å². The van der Waals surface area contributed by atoms with E-state index in [1.165, 1.54) is 0 Å². The van der Waals surface area contributed by atoms with Gasteiger partial charge >= 0.3 is 12.3 Å². The molecule has 1 amide bonds. The van der Waals surface area contributed by atoms with Crippen molar-refractivity contribution in [2.24, 2.45) is 0 Å². The molecular formula is C10H10F3N3O2. The second-order valence-electron chi connectivity index (χ2n) is 3.90. The Morgan fingerprint density at radius 3 is 2.89 bits per heavy atom. The Labute approximate surface area is 100 Å². The van der Waals surface area contributed by atoms with Gasteiger partial charge in [-0.1, -0.05) is 0 Å². The van der Waals surface area contributed by atoms with Gasteiger partial charge in [0.2, 0.25) is 0 Å². The molecule has 18 heavy (non-hydrogen) atoms. The first-order chi connectivity index (χ1) is 8.38. The van der Waals surface area contributed by atoms with Crippen molar-refractivity contribution in [2.45, 2.75) is 18.8 Å². The molecule has 2 rings (SSSR count). The Bertz CT molecular complexity index is 476. The van der Waals surface area contributed by atoms with Gasteiger partial charge in [0.25, 0.3) is 0 Å². The van der Waals surface area contributed by atoms with E-state index in [4.69, 9.17) is 5.11 Å². The molecular weight excluding hydrogens is 251 g/mol. The lowest BCUT2D eigenvalue weighted by Gasteiger charge is -2.25. The van der Waals surface area contributed by atoms with E-state index < -0.39 is 23.9 Å². The quantitative estimate of drug-likeness (QED) is 0.716. The first kappa shape index (κ1) is 12.6. The number of aromatic nitrogens is 1. The summed E-state index contributed by atoms with van der Waals surface area (Å²) >= 11 is 0. The normalized spacial score (nSPS) is 19.2. The number of carboxylic acid groups (broad SMARTS) is 1. The van der Waals surface area contributed by atoms with Gasteiger partial charge in [-0.25, -0.2) is 4.79 Å². The number of hydrogen-bond acceptors (Lipinski definition) is 3. The number of hydrogen-bond donors (Lipinski definition) is 3. The smallest absolute Gasteiger partial charge is 0.417 e. The topological polar surface area (TPSA) is 74.2 Å². The molecule has 0 radical (unpaired) electrons. The van der Waals surface area contributed by atoms with Gasteiger partial charge in [-0.3, -0.25) is 4.98 Å². The average molecular weight is 261 g/mol. The number of carbonyl (C=O) groups is 1. The van der Waals surface area contributed by atoms with Gasteiger partial charge in [0.1, 0.15) is 0 Å².